The Labute approximate surface area is 135 Å². The normalized spacial score (nSPS) is 13.1. The van der Waals surface area contributed by atoms with Crippen LogP contribution in [0.2, 0.25) is 0 Å². The Kier molecular flexibility index (Phi) is 9.75. The number of hydrogen-bond donors (Lipinski definition) is 1. The van der Waals surface area contributed by atoms with Crippen LogP contribution in [0.5, 0.6) is 0 Å². The lowest BCUT2D eigenvalue weighted by molar-refractivity contribution is -0.140. The van der Waals surface area contributed by atoms with E-state index in [1.807, 2.05) is 0 Å². The van der Waals surface area contributed by atoms with E-state index in [1.165, 1.54) is 44.2 Å². The van der Waals surface area contributed by atoms with E-state index in [0.29, 0.717) is 0 Å². The summed E-state index contributed by atoms with van der Waals surface area (Å²) in [5, 5.41) is 9.44. The zero-order valence-corrected chi connectivity index (χ0v) is 13.8. The van der Waals surface area contributed by atoms with Gasteiger partial charge in [-0.15, -0.1) is 0 Å². The van der Waals surface area contributed by atoms with Crippen LogP contribution in [0.4, 0.5) is 0 Å². The highest BCUT2D eigenvalue weighted by Crippen LogP contribution is 2.06. The number of esters is 2. The van der Waals surface area contributed by atoms with Gasteiger partial charge in [0.2, 0.25) is 0 Å². The van der Waals surface area contributed by atoms with Crippen LogP contribution in [0.1, 0.15) is 27.7 Å². The monoisotopic (exact) mass is 322 g/mol. The van der Waals surface area contributed by atoms with Crippen LogP contribution >= 0.6 is 0 Å². The molecule has 0 atom stereocenters. The molecule has 0 unspecified atom stereocenters. The largest absolute Gasteiger partial charge is 0.512 e. The third kappa shape index (κ3) is 7.80. The van der Waals surface area contributed by atoms with E-state index in [2.05, 4.69) is 0 Å². The van der Waals surface area contributed by atoms with E-state index >= 15 is 0 Å². The summed E-state index contributed by atoms with van der Waals surface area (Å²) in [4.78, 5) is 34.5. The van der Waals surface area contributed by atoms with Crippen molar-refractivity contribution in [2.45, 2.75) is 27.7 Å². The topological polar surface area (TPSA) is 89.9 Å². The van der Waals surface area contributed by atoms with Crippen molar-refractivity contribution in [3.05, 3.63) is 47.3 Å². The zero-order chi connectivity index (χ0) is 17.8. The van der Waals surface area contributed by atoms with Gasteiger partial charge in [0.1, 0.15) is 11.3 Å². The van der Waals surface area contributed by atoms with Crippen molar-refractivity contribution < 1.29 is 29.0 Å². The van der Waals surface area contributed by atoms with E-state index < -0.39 is 17.7 Å². The molecule has 0 bridgehead atoms. The minimum atomic E-state index is -0.688. The highest BCUT2D eigenvalue weighted by molar-refractivity contribution is 6.16. The smallest absolute Gasteiger partial charge is 0.341 e. The number of ketones is 1. The average Bonchev–Trinajstić information content (AvgIpc) is 2.45. The maximum Gasteiger partial charge on any atom is 0.341 e. The second-order valence-corrected chi connectivity index (χ2v) is 4.32. The molecule has 0 amide bonds. The third-order valence-electron chi connectivity index (χ3n) is 2.51. The first kappa shape index (κ1) is 20.4. The molecular weight excluding hydrogens is 300 g/mol. The summed E-state index contributed by atoms with van der Waals surface area (Å²) < 4.78 is 9.57. The van der Waals surface area contributed by atoms with Crippen molar-refractivity contribution in [3.8, 4) is 0 Å². The van der Waals surface area contributed by atoms with Gasteiger partial charge in [-0.1, -0.05) is 18.2 Å². The number of carbonyl (C=O) groups excluding carboxylic acids is 3. The van der Waals surface area contributed by atoms with E-state index in [1.54, 1.807) is 13.8 Å². The quantitative estimate of drug-likeness (QED) is 0.184. The molecule has 23 heavy (non-hydrogen) atoms. The predicted octanol–water partition coefficient (Wildman–Crippen LogP) is 2.57. The van der Waals surface area contributed by atoms with Gasteiger partial charge in [-0.25, -0.2) is 9.59 Å². The Morgan fingerprint density at radius 2 is 1.48 bits per heavy atom. The summed E-state index contributed by atoms with van der Waals surface area (Å²) in [5.74, 6) is -1.90. The molecule has 0 aromatic carbocycles. The van der Waals surface area contributed by atoms with Crippen molar-refractivity contribution in [2.75, 3.05) is 13.2 Å². The van der Waals surface area contributed by atoms with Crippen LogP contribution < -0.4 is 0 Å². The van der Waals surface area contributed by atoms with Gasteiger partial charge in [0.05, 0.1) is 18.8 Å². The summed E-state index contributed by atoms with van der Waals surface area (Å²) in [6.45, 7) is 6.32. The molecule has 0 saturated heterocycles. The van der Waals surface area contributed by atoms with E-state index in [4.69, 9.17) is 9.47 Å². The third-order valence-corrected chi connectivity index (χ3v) is 2.51. The Hall–Kier alpha value is -2.63. The molecule has 126 valence electrons. The fourth-order valence-electron chi connectivity index (χ4n) is 1.45. The number of hydrogen-bond acceptors (Lipinski definition) is 6. The predicted molar refractivity (Wildman–Crippen MR) is 85.6 cm³/mol. The fraction of sp³-hybridized carbons (Fsp3) is 0.353. The average molecular weight is 322 g/mol. The van der Waals surface area contributed by atoms with Crippen molar-refractivity contribution in [1.82, 2.24) is 0 Å². The van der Waals surface area contributed by atoms with Crippen LogP contribution in [0.25, 0.3) is 0 Å². The number of ether oxygens (including phenoxy) is 2. The maximum atomic E-state index is 11.6. The highest BCUT2D eigenvalue weighted by Gasteiger charge is 2.14. The minimum Gasteiger partial charge on any atom is -0.512 e. The van der Waals surface area contributed by atoms with Gasteiger partial charge in [0.15, 0.2) is 5.78 Å². The van der Waals surface area contributed by atoms with E-state index in [-0.39, 0.29) is 30.1 Å². The van der Waals surface area contributed by atoms with Gasteiger partial charge < -0.3 is 14.6 Å². The van der Waals surface area contributed by atoms with Crippen LogP contribution in [-0.2, 0) is 23.9 Å². The second-order valence-electron chi connectivity index (χ2n) is 4.32. The molecule has 0 saturated carbocycles. The van der Waals surface area contributed by atoms with Gasteiger partial charge in [0.25, 0.3) is 0 Å². The number of aliphatic hydroxyl groups is 1. The van der Waals surface area contributed by atoms with Gasteiger partial charge in [0, 0.05) is 0 Å². The molecule has 1 N–H and O–H groups in total. The molecular formula is C17H22O6. The molecule has 0 aromatic rings. The second kappa shape index (κ2) is 11.0. The number of carbonyl (C=O) groups is 3. The molecule has 0 fully saturated rings. The van der Waals surface area contributed by atoms with Crippen molar-refractivity contribution >= 4 is 17.7 Å². The zero-order valence-electron chi connectivity index (χ0n) is 13.8. The summed E-state index contributed by atoms with van der Waals surface area (Å²) >= 11 is 0. The van der Waals surface area contributed by atoms with Gasteiger partial charge in [-0.05, 0) is 39.8 Å². The van der Waals surface area contributed by atoms with Crippen LogP contribution in [0.3, 0.4) is 0 Å². The fourth-order valence-corrected chi connectivity index (χ4v) is 1.45. The Morgan fingerprint density at radius 1 is 0.913 bits per heavy atom. The summed E-state index contributed by atoms with van der Waals surface area (Å²) in [6.07, 6.45) is 7.13. The van der Waals surface area contributed by atoms with Gasteiger partial charge >= 0.3 is 11.9 Å². The lowest BCUT2D eigenvalue weighted by Crippen LogP contribution is -2.13. The molecule has 6 heteroatoms. The summed E-state index contributed by atoms with van der Waals surface area (Å²) in [5.41, 5.74) is -0.0475. The van der Waals surface area contributed by atoms with Crippen LogP contribution in [0.15, 0.2) is 47.3 Å². The number of rotatable bonds is 8. The molecule has 0 aliphatic rings. The molecule has 0 spiro atoms. The van der Waals surface area contributed by atoms with E-state index in [0.717, 1.165) is 0 Å². The Balaban J connectivity index is 5.05. The number of aliphatic hydroxyl groups excluding tert-OH is 1. The van der Waals surface area contributed by atoms with Crippen LogP contribution in [0, 0.1) is 0 Å². The van der Waals surface area contributed by atoms with Crippen LogP contribution in [-0.4, -0.2) is 36.0 Å². The van der Waals surface area contributed by atoms with E-state index in [9.17, 15) is 19.5 Å². The lowest BCUT2D eigenvalue weighted by Gasteiger charge is -2.02. The Morgan fingerprint density at radius 3 is 1.96 bits per heavy atom. The Bertz CT molecular complexity index is 560. The maximum absolute atomic E-state index is 11.6. The standard InChI is InChI=1S/C17H22O6/c1-5-22-16(20)14(12(3)18)10-8-7-9-11-15(13(4)19)17(21)23-6-2/h7-11,18H,5-6H2,1-4H3/b9-7+,10-8+,14-12+,15-11-. The molecule has 0 rings (SSSR count). The SMILES string of the molecule is CCOC(=O)\C(=C/C=C/C=C/C(C(=O)OCC)=C(/C)O)C(C)=O. The van der Waals surface area contributed by atoms with Gasteiger partial charge in [-0.3, -0.25) is 4.79 Å². The molecule has 0 radical (unpaired) electrons. The molecule has 0 aliphatic carbocycles. The summed E-state index contributed by atoms with van der Waals surface area (Å²) in [7, 11) is 0. The number of Topliss-reactive ketones (excluding diaryl/α,β-unsaturated/α-hetero) is 1. The molecule has 0 aliphatic heterocycles. The lowest BCUT2D eigenvalue weighted by atomic mass is 10.1. The molecule has 6 nitrogen and oxygen atoms in total. The minimum absolute atomic E-state index is 0.0256. The van der Waals surface area contributed by atoms with Crippen molar-refractivity contribution in [2.24, 2.45) is 0 Å². The van der Waals surface area contributed by atoms with Crippen molar-refractivity contribution in [1.29, 1.82) is 0 Å². The number of allylic oxidation sites excluding steroid dienone is 5. The molecule has 0 heterocycles. The first-order chi connectivity index (χ1) is 10.8. The molecule has 0 aromatic heterocycles. The highest BCUT2D eigenvalue weighted by atomic mass is 16.5. The van der Waals surface area contributed by atoms with Gasteiger partial charge in [-0.2, -0.15) is 0 Å². The first-order valence-corrected chi connectivity index (χ1v) is 7.15. The summed E-state index contributed by atoms with van der Waals surface area (Å²) in [6, 6.07) is 0. The van der Waals surface area contributed by atoms with Crippen molar-refractivity contribution in [3.63, 3.8) is 0 Å². The first-order valence-electron chi connectivity index (χ1n) is 7.15.